The predicted molar refractivity (Wildman–Crippen MR) is 93.0 cm³/mol. The lowest BCUT2D eigenvalue weighted by Crippen LogP contribution is -2.04. The molecule has 0 atom stereocenters. The summed E-state index contributed by atoms with van der Waals surface area (Å²) in [6.07, 6.45) is 5.01. The first-order valence-electron chi connectivity index (χ1n) is 7.95. The number of pyridine rings is 1. The summed E-state index contributed by atoms with van der Waals surface area (Å²) in [5.41, 5.74) is 8.99. The van der Waals surface area contributed by atoms with Crippen molar-refractivity contribution in [1.29, 1.82) is 0 Å². The number of aryl methyl sites for hydroxylation is 2. The Balaban J connectivity index is 2.18. The molecule has 0 unspecified atom stereocenters. The van der Waals surface area contributed by atoms with E-state index in [4.69, 9.17) is 16.0 Å². The van der Waals surface area contributed by atoms with Crippen molar-refractivity contribution in [2.75, 3.05) is 5.73 Å². The summed E-state index contributed by atoms with van der Waals surface area (Å²) < 4.78 is 2.05. The van der Waals surface area contributed by atoms with Gasteiger partial charge in [-0.1, -0.05) is 25.1 Å². The first-order chi connectivity index (χ1) is 11.3. The molecule has 0 aliphatic heterocycles. The van der Waals surface area contributed by atoms with Crippen LogP contribution in [0.2, 0.25) is 0 Å². The van der Waals surface area contributed by atoms with E-state index in [0.29, 0.717) is 5.82 Å². The van der Waals surface area contributed by atoms with Crippen molar-refractivity contribution in [3.8, 4) is 0 Å². The van der Waals surface area contributed by atoms with Crippen molar-refractivity contribution in [3.63, 3.8) is 0 Å². The average Bonchev–Trinajstić information content (AvgIpc) is 2.92. The summed E-state index contributed by atoms with van der Waals surface area (Å²) in [4.78, 5) is 4.48. The van der Waals surface area contributed by atoms with E-state index in [1.54, 1.807) is 0 Å². The van der Waals surface area contributed by atoms with Crippen LogP contribution in [0.25, 0.3) is 21.8 Å². The fraction of sp³-hybridized carbons (Fsp3) is 0.353. The smallest absolute Gasteiger partial charge is 0.152 e. The Hall–Kier alpha value is -2.63. The number of para-hydroxylation sites is 1. The maximum atomic E-state index is 8.54. The number of anilines is 1. The Bertz CT molecular complexity index is 853. The lowest BCUT2D eigenvalue weighted by Gasteiger charge is -2.07. The number of nitrogens with zero attached hydrogens (tertiary/aromatic N) is 4. The Labute approximate surface area is 134 Å². The molecule has 0 radical (unpaired) electrons. The van der Waals surface area contributed by atoms with Crippen LogP contribution in [0.3, 0.4) is 0 Å². The molecule has 0 aliphatic rings. The molecule has 23 heavy (non-hydrogen) atoms. The van der Waals surface area contributed by atoms with Crippen molar-refractivity contribution < 1.29 is 5.21 Å². The highest BCUT2D eigenvalue weighted by Gasteiger charge is 2.16. The SMILES string of the molecule is CCCn1nc2c(N)nc3ccccc3c2c1CCC/C=N\O. The highest BCUT2D eigenvalue weighted by molar-refractivity contribution is 6.09. The van der Waals surface area contributed by atoms with Gasteiger partial charge in [0.1, 0.15) is 5.52 Å². The molecule has 1 aromatic carbocycles. The van der Waals surface area contributed by atoms with Crippen LogP contribution in [-0.2, 0) is 13.0 Å². The van der Waals surface area contributed by atoms with Gasteiger partial charge in [-0.25, -0.2) is 4.98 Å². The Kier molecular flexibility index (Phi) is 4.41. The number of rotatable bonds is 6. The zero-order valence-electron chi connectivity index (χ0n) is 13.2. The monoisotopic (exact) mass is 311 g/mol. The molecule has 0 bridgehead atoms. The van der Waals surface area contributed by atoms with Crippen LogP contribution < -0.4 is 5.73 Å². The maximum Gasteiger partial charge on any atom is 0.152 e. The number of nitrogens with two attached hydrogens (primary N) is 1. The summed E-state index contributed by atoms with van der Waals surface area (Å²) in [5.74, 6) is 0.478. The van der Waals surface area contributed by atoms with Crippen LogP contribution in [0.1, 0.15) is 31.9 Å². The van der Waals surface area contributed by atoms with Gasteiger partial charge in [-0.15, -0.1) is 5.16 Å². The fourth-order valence-electron chi connectivity index (χ4n) is 2.99. The summed E-state index contributed by atoms with van der Waals surface area (Å²) in [7, 11) is 0. The molecule has 0 saturated carbocycles. The topological polar surface area (TPSA) is 89.3 Å². The molecule has 3 N–H and O–H groups in total. The van der Waals surface area contributed by atoms with E-state index in [2.05, 4.69) is 23.1 Å². The lowest BCUT2D eigenvalue weighted by molar-refractivity contribution is 0.320. The van der Waals surface area contributed by atoms with Gasteiger partial charge in [-0.3, -0.25) is 4.68 Å². The Morgan fingerprint density at radius 3 is 2.96 bits per heavy atom. The molecule has 6 heteroatoms. The standard InChI is InChI=1S/C17H21N5O/c1-2-11-22-14(9-5-6-10-19-23)15-12-7-3-4-8-13(12)20-17(18)16(15)21-22/h3-4,7-8,10,23H,2,5-6,9,11H2,1H3,(H2,18,20)/b19-10-. The number of oxime groups is 1. The highest BCUT2D eigenvalue weighted by Crippen LogP contribution is 2.31. The first kappa shape index (κ1) is 15.3. The minimum absolute atomic E-state index is 0.478. The van der Waals surface area contributed by atoms with Crippen molar-refractivity contribution in [2.45, 2.75) is 39.2 Å². The number of aromatic nitrogens is 3. The predicted octanol–water partition coefficient (Wildman–Crippen LogP) is 3.36. The molecular formula is C17H21N5O. The van der Waals surface area contributed by atoms with Crippen LogP contribution in [-0.4, -0.2) is 26.2 Å². The van der Waals surface area contributed by atoms with Gasteiger partial charge in [0.15, 0.2) is 5.82 Å². The van der Waals surface area contributed by atoms with E-state index in [1.165, 1.54) is 11.9 Å². The van der Waals surface area contributed by atoms with Gasteiger partial charge in [0.05, 0.1) is 5.52 Å². The zero-order chi connectivity index (χ0) is 16.2. The van der Waals surface area contributed by atoms with Crippen LogP contribution in [0, 0.1) is 0 Å². The molecule has 2 heterocycles. The fourth-order valence-corrected chi connectivity index (χ4v) is 2.99. The van der Waals surface area contributed by atoms with Crippen molar-refractivity contribution >= 4 is 33.8 Å². The van der Waals surface area contributed by atoms with Gasteiger partial charge in [0, 0.05) is 29.2 Å². The molecule has 120 valence electrons. The minimum Gasteiger partial charge on any atom is -0.411 e. The summed E-state index contributed by atoms with van der Waals surface area (Å²) in [6.45, 7) is 2.99. The number of nitrogen functional groups attached to an aromatic ring is 1. The third kappa shape index (κ3) is 2.84. The van der Waals surface area contributed by atoms with Crippen molar-refractivity contribution in [1.82, 2.24) is 14.8 Å². The van der Waals surface area contributed by atoms with Crippen LogP contribution in [0.15, 0.2) is 29.4 Å². The van der Waals surface area contributed by atoms with Crippen molar-refractivity contribution in [2.24, 2.45) is 5.16 Å². The zero-order valence-corrected chi connectivity index (χ0v) is 13.2. The second-order valence-electron chi connectivity index (χ2n) is 5.60. The Morgan fingerprint density at radius 2 is 2.17 bits per heavy atom. The molecule has 3 rings (SSSR count). The molecule has 0 saturated heterocycles. The normalized spacial score (nSPS) is 11.9. The molecule has 0 fully saturated rings. The first-order valence-corrected chi connectivity index (χ1v) is 7.95. The molecule has 0 aliphatic carbocycles. The molecule has 2 aromatic heterocycles. The van der Waals surface area contributed by atoms with Gasteiger partial charge in [0.25, 0.3) is 0 Å². The molecule has 6 nitrogen and oxygen atoms in total. The average molecular weight is 311 g/mol. The summed E-state index contributed by atoms with van der Waals surface area (Å²) in [5, 5.41) is 18.5. The lowest BCUT2D eigenvalue weighted by atomic mass is 10.1. The largest absolute Gasteiger partial charge is 0.411 e. The number of fused-ring (bicyclic) bond motifs is 3. The third-order valence-electron chi connectivity index (χ3n) is 3.98. The van der Waals surface area contributed by atoms with Gasteiger partial charge in [-0.05, 0) is 31.7 Å². The summed E-state index contributed by atoms with van der Waals surface area (Å²) in [6, 6.07) is 8.03. The van der Waals surface area contributed by atoms with Crippen LogP contribution in [0.5, 0.6) is 0 Å². The molecule has 0 spiro atoms. The van der Waals surface area contributed by atoms with E-state index >= 15 is 0 Å². The van der Waals surface area contributed by atoms with E-state index in [-0.39, 0.29) is 0 Å². The number of hydrogen-bond donors (Lipinski definition) is 2. The van der Waals surface area contributed by atoms with E-state index < -0.39 is 0 Å². The second-order valence-corrected chi connectivity index (χ2v) is 5.60. The van der Waals surface area contributed by atoms with Crippen LogP contribution in [0.4, 0.5) is 5.82 Å². The van der Waals surface area contributed by atoms with Gasteiger partial charge in [0.2, 0.25) is 0 Å². The number of benzene rings is 1. The van der Waals surface area contributed by atoms with Gasteiger partial charge in [-0.2, -0.15) is 5.10 Å². The second kappa shape index (κ2) is 6.64. The minimum atomic E-state index is 0.478. The third-order valence-corrected chi connectivity index (χ3v) is 3.98. The van der Waals surface area contributed by atoms with Gasteiger partial charge >= 0.3 is 0 Å². The quantitative estimate of drug-likeness (QED) is 0.316. The Morgan fingerprint density at radius 1 is 1.35 bits per heavy atom. The van der Waals surface area contributed by atoms with E-state index in [9.17, 15) is 0 Å². The van der Waals surface area contributed by atoms with Crippen molar-refractivity contribution in [3.05, 3.63) is 30.0 Å². The number of hydrogen-bond acceptors (Lipinski definition) is 5. The summed E-state index contributed by atoms with van der Waals surface area (Å²) >= 11 is 0. The van der Waals surface area contributed by atoms with E-state index in [0.717, 1.165) is 54.0 Å². The van der Waals surface area contributed by atoms with Crippen LogP contribution >= 0.6 is 0 Å². The molecule has 3 aromatic rings. The maximum absolute atomic E-state index is 8.54. The molecule has 0 amide bonds. The molecular weight excluding hydrogens is 290 g/mol. The highest BCUT2D eigenvalue weighted by atomic mass is 16.4. The van der Waals surface area contributed by atoms with Gasteiger partial charge < -0.3 is 10.9 Å². The van der Waals surface area contributed by atoms with E-state index in [1.807, 2.05) is 22.9 Å². The number of unbranched alkanes of at least 4 members (excludes halogenated alkanes) is 1.